The Morgan fingerprint density at radius 1 is 1.28 bits per heavy atom. The minimum Gasteiger partial charge on any atom is -0.308 e. The number of nitrogens with one attached hydrogen (secondary N) is 1. The predicted octanol–water partition coefficient (Wildman–Crippen LogP) is 2.52. The SMILES string of the molecule is NNc1cc(C2CCCC2)nc(CC(F)(F)F)n1. The third-order valence-corrected chi connectivity index (χ3v) is 3.07. The summed E-state index contributed by atoms with van der Waals surface area (Å²) in [6.07, 6.45) is -1.31. The third kappa shape index (κ3) is 3.32. The molecule has 0 spiro atoms. The Bertz CT molecular complexity index is 413. The second kappa shape index (κ2) is 5.09. The van der Waals surface area contributed by atoms with Crippen LogP contribution in [-0.2, 0) is 6.42 Å². The Labute approximate surface area is 103 Å². The van der Waals surface area contributed by atoms with Crippen LogP contribution in [0.15, 0.2) is 6.07 Å². The van der Waals surface area contributed by atoms with Gasteiger partial charge in [0.15, 0.2) is 0 Å². The van der Waals surface area contributed by atoms with Crippen LogP contribution in [0.5, 0.6) is 0 Å². The number of nitrogens with zero attached hydrogens (tertiary/aromatic N) is 2. The molecule has 0 saturated heterocycles. The van der Waals surface area contributed by atoms with Gasteiger partial charge in [-0.25, -0.2) is 15.8 Å². The minimum atomic E-state index is -4.31. The Balaban J connectivity index is 2.26. The highest BCUT2D eigenvalue weighted by molar-refractivity contribution is 5.36. The molecule has 0 aliphatic heterocycles. The normalized spacial score (nSPS) is 17.1. The fraction of sp³-hybridized carbons (Fsp3) is 0.636. The molecule has 0 amide bonds. The maximum Gasteiger partial charge on any atom is 0.396 e. The Kier molecular flexibility index (Phi) is 3.70. The fourth-order valence-corrected chi connectivity index (χ4v) is 2.28. The van der Waals surface area contributed by atoms with Crippen LogP contribution >= 0.6 is 0 Å². The second-order valence-corrected chi connectivity index (χ2v) is 4.51. The van der Waals surface area contributed by atoms with Gasteiger partial charge in [-0.3, -0.25) is 0 Å². The van der Waals surface area contributed by atoms with E-state index in [0.717, 1.165) is 25.7 Å². The molecule has 1 aromatic rings. The molecular formula is C11H15F3N4. The van der Waals surface area contributed by atoms with Crippen LogP contribution < -0.4 is 11.3 Å². The smallest absolute Gasteiger partial charge is 0.308 e. The molecule has 1 aliphatic carbocycles. The first kappa shape index (κ1) is 13.1. The number of hydrogen-bond donors (Lipinski definition) is 2. The van der Waals surface area contributed by atoms with Crippen LogP contribution in [0.2, 0.25) is 0 Å². The van der Waals surface area contributed by atoms with Crippen molar-refractivity contribution in [2.75, 3.05) is 5.43 Å². The van der Waals surface area contributed by atoms with Gasteiger partial charge >= 0.3 is 6.18 Å². The molecule has 1 aliphatic rings. The monoisotopic (exact) mass is 260 g/mol. The first-order valence-corrected chi connectivity index (χ1v) is 5.89. The molecule has 4 nitrogen and oxygen atoms in total. The van der Waals surface area contributed by atoms with Crippen molar-refractivity contribution in [1.82, 2.24) is 9.97 Å². The molecule has 3 N–H and O–H groups in total. The lowest BCUT2D eigenvalue weighted by atomic mass is 10.0. The minimum absolute atomic E-state index is 0.222. The summed E-state index contributed by atoms with van der Waals surface area (Å²) >= 11 is 0. The number of aromatic nitrogens is 2. The van der Waals surface area contributed by atoms with Crippen molar-refractivity contribution < 1.29 is 13.2 Å². The fourth-order valence-electron chi connectivity index (χ4n) is 2.28. The van der Waals surface area contributed by atoms with Crippen LogP contribution in [0.1, 0.15) is 43.1 Å². The van der Waals surface area contributed by atoms with Crippen molar-refractivity contribution in [3.8, 4) is 0 Å². The zero-order valence-electron chi connectivity index (χ0n) is 9.80. The molecule has 0 aromatic carbocycles. The van der Waals surface area contributed by atoms with E-state index in [1.54, 1.807) is 6.07 Å². The summed E-state index contributed by atoms with van der Waals surface area (Å²) in [7, 11) is 0. The summed E-state index contributed by atoms with van der Waals surface area (Å²) in [6, 6.07) is 1.63. The largest absolute Gasteiger partial charge is 0.396 e. The van der Waals surface area contributed by atoms with Gasteiger partial charge in [0.1, 0.15) is 18.1 Å². The molecule has 7 heteroatoms. The molecule has 100 valence electrons. The molecule has 0 bridgehead atoms. The quantitative estimate of drug-likeness (QED) is 0.647. The lowest BCUT2D eigenvalue weighted by Gasteiger charge is -2.13. The van der Waals surface area contributed by atoms with E-state index in [9.17, 15) is 13.2 Å². The number of anilines is 1. The van der Waals surface area contributed by atoms with Crippen LogP contribution in [0.4, 0.5) is 19.0 Å². The Hall–Kier alpha value is -1.37. The van der Waals surface area contributed by atoms with Crippen LogP contribution in [-0.4, -0.2) is 16.1 Å². The highest BCUT2D eigenvalue weighted by atomic mass is 19.4. The van der Waals surface area contributed by atoms with Gasteiger partial charge in [0.05, 0.1) is 0 Å². The zero-order valence-corrected chi connectivity index (χ0v) is 9.80. The van der Waals surface area contributed by atoms with Gasteiger partial charge in [-0.2, -0.15) is 13.2 Å². The Morgan fingerprint density at radius 3 is 2.50 bits per heavy atom. The molecule has 1 saturated carbocycles. The standard InChI is InChI=1S/C11H15F3N4/c12-11(13,14)6-10-16-8(5-9(17-10)18-15)7-3-1-2-4-7/h5,7H,1-4,6,15H2,(H,16,17,18). The van der Waals surface area contributed by atoms with E-state index in [2.05, 4.69) is 15.4 Å². The van der Waals surface area contributed by atoms with Gasteiger partial charge in [0, 0.05) is 17.7 Å². The van der Waals surface area contributed by atoms with Gasteiger partial charge in [-0.15, -0.1) is 0 Å². The first-order valence-electron chi connectivity index (χ1n) is 5.89. The lowest BCUT2D eigenvalue weighted by Crippen LogP contribution is -2.18. The topological polar surface area (TPSA) is 63.8 Å². The van der Waals surface area contributed by atoms with E-state index in [1.165, 1.54) is 0 Å². The number of hydrazine groups is 1. The van der Waals surface area contributed by atoms with E-state index in [0.29, 0.717) is 5.69 Å². The van der Waals surface area contributed by atoms with Crippen molar-refractivity contribution in [1.29, 1.82) is 0 Å². The lowest BCUT2D eigenvalue weighted by molar-refractivity contribution is -0.128. The average Bonchev–Trinajstić information content (AvgIpc) is 2.79. The van der Waals surface area contributed by atoms with E-state index in [1.807, 2.05) is 0 Å². The van der Waals surface area contributed by atoms with Crippen molar-refractivity contribution in [2.24, 2.45) is 5.84 Å². The second-order valence-electron chi connectivity index (χ2n) is 4.51. The van der Waals surface area contributed by atoms with Crippen LogP contribution in [0, 0.1) is 0 Å². The Morgan fingerprint density at radius 2 is 1.94 bits per heavy atom. The van der Waals surface area contributed by atoms with E-state index in [4.69, 9.17) is 5.84 Å². The summed E-state index contributed by atoms with van der Waals surface area (Å²) < 4.78 is 37.1. The van der Waals surface area contributed by atoms with Crippen molar-refractivity contribution in [2.45, 2.75) is 44.2 Å². The molecule has 1 fully saturated rings. The molecular weight excluding hydrogens is 245 g/mol. The summed E-state index contributed by atoms with van der Waals surface area (Å²) in [5.41, 5.74) is 2.96. The van der Waals surface area contributed by atoms with E-state index >= 15 is 0 Å². The van der Waals surface area contributed by atoms with Crippen molar-refractivity contribution in [3.63, 3.8) is 0 Å². The molecule has 2 rings (SSSR count). The van der Waals surface area contributed by atoms with Crippen LogP contribution in [0.3, 0.4) is 0 Å². The van der Waals surface area contributed by atoms with Crippen LogP contribution in [0.25, 0.3) is 0 Å². The summed E-state index contributed by atoms with van der Waals surface area (Å²) in [4.78, 5) is 7.76. The van der Waals surface area contributed by atoms with E-state index in [-0.39, 0.29) is 17.6 Å². The number of hydrogen-bond acceptors (Lipinski definition) is 4. The maximum atomic E-state index is 12.4. The third-order valence-electron chi connectivity index (χ3n) is 3.07. The zero-order chi connectivity index (χ0) is 13.2. The highest BCUT2D eigenvalue weighted by Crippen LogP contribution is 2.34. The molecule has 0 atom stereocenters. The molecule has 1 aromatic heterocycles. The average molecular weight is 260 g/mol. The number of nitrogen functional groups attached to an aromatic ring is 1. The van der Waals surface area contributed by atoms with Gasteiger partial charge in [-0.1, -0.05) is 12.8 Å². The predicted molar refractivity (Wildman–Crippen MR) is 60.8 cm³/mol. The molecule has 0 radical (unpaired) electrons. The number of halogens is 3. The van der Waals surface area contributed by atoms with Crippen molar-refractivity contribution >= 4 is 5.82 Å². The first-order chi connectivity index (χ1) is 8.48. The van der Waals surface area contributed by atoms with E-state index < -0.39 is 12.6 Å². The number of alkyl halides is 3. The van der Waals surface area contributed by atoms with Gasteiger partial charge in [0.2, 0.25) is 0 Å². The van der Waals surface area contributed by atoms with Gasteiger partial charge in [0.25, 0.3) is 0 Å². The molecule has 1 heterocycles. The molecule has 0 unspecified atom stereocenters. The van der Waals surface area contributed by atoms with Crippen molar-refractivity contribution in [3.05, 3.63) is 17.6 Å². The number of rotatable bonds is 3. The van der Waals surface area contributed by atoms with Gasteiger partial charge in [-0.05, 0) is 12.8 Å². The molecule has 18 heavy (non-hydrogen) atoms. The highest BCUT2D eigenvalue weighted by Gasteiger charge is 2.30. The van der Waals surface area contributed by atoms with Gasteiger partial charge < -0.3 is 5.43 Å². The summed E-state index contributed by atoms with van der Waals surface area (Å²) in [5.74, 6) is 5.48. The summed E-state index contributed by atoms with van der Waals surface area (Å²) in [5, 5.41) is 0. The maximum absolute atomic E-state index is 12.4. The number of nitrogens with two attached hydrogens (primary N) is 1. The summed E-state index contributed by atoms with van der Waals surface area (Å²) in [6.45, 7) is 0.